The third kappa shape index (κ3) is 9.34. The molecule has 9 nitrogen and oxygen atoms in total. The molecule has 1 aliphatic heterocycles. The van der Waals surface area contributed by atoms with Crippen LogP contribution in [0.15, 0.2) is 66.7 Å². The van der Waals surface area contributed by atoms with Crippen LogP contribution in [0.5, 0.6) is 17.2 Å². The first-order valence-corrected chi connectivity index (χ1v) is 20.1. The van der Waals surface area contributed by atoms with Crippen molar-refractivity contribution in [1.82, 2.24) is 4.90 Å². The molecule has 0 amide bonds. The molecule has 0 radical (unpaired) electrons. The Balaban J connectivity index is 1.44. The molecule has 12 heteroatoms. The van der Waals surface area contributed by atoms with Crippen LogP contribution in [0.25, 0.3) is 20.5 Å². The van der Waals surface area contributed by atoms with Gasteiger partial charge in [-0.3, -0.25) is 9.69 Å². The van der Waals surface area contributed by atoms with E-state index in [1.807, 2.05) is 13.8 Å². The summed E-state index contributed by atoms with van der Waals surface area (Å²) in [5, 5.41) is 0.654. The van der Waals surface area contributed by atoms with Crippen LogP contribution >= 0.6 is 11.3 Å². The summed E-state index contributed by atoms with van der Waals surface area (Å²) in [6.07, 6.45) is 4.90. The standard InChI is InChI=1S/C35H41NO8S3/c1-3-5-23-46(38,39)43-29-15-11-27(12-16-29)35-33(31-18-17-30(25-32(31)45-35)44-47(40,41)24-6-4-2)34(37)26-9-13-28(14-10-26)42-22-21-36-19-7-8-20-36/h9-18,25H,3-8,19-24H2,1-2H3. The van der Waals surface area contributed by atoms with Crippen LogP contribution in [-0.4, -0.2) is 65.3 Å². The molecule has 47 heavy (non-hydrogen) atoms. The number of fused-ring (bicyclic) bond motifs is 1. The van der Waals surface area contributed by atoms with Gasteiger partial charge in [0.25, 0.3) is 0 Å². The fourth-order valence-electron chi connectivity index (χ4n) is 5.38. The molecule has 1 fully saturated rings. The van der Waals surface area contributed by atoms with Crippen LogP contribution in [0.1, 0.15) is 68.3 Å². The summed E-state index contributed by atoms with van der Waals surface area (Å²) in [5.41, 5.74) is 1.62. The van der Waals surface area contributed by atoms with E-state index >= 15 is 0 Å². The first kappa shape index (κ1) is 34.9. The third-order valence-electron chi connectivity index (χ3n) is 7.94. The number of ether oxygens (including phenoxy) is 1. The maximum absolute atomic E-state index is 14.1. The first-order chi connectivity index (χ1) is 22.6. The zero-order valence-electron chi connectivity index (χ0n) is 26.8. The largest absolute Gasteiger partial charge is 0.492 e. The number of benzene rings is 3. The maximum atomic E-state index is 14.1. The predicted octanol–water partition coefficient (Wildman–Crippen LogP) is 7.29. The van der Waals surface area contributed by atoms with Gasteiger partial charge in [-0.05, 0) is 111 Å². The Morgan fingerprint density at radius 1 is 0.766 bits per heavy atom. The molecule has 1 aromatic heterocycles. The molecular formula is C35H41NO8S3. The van der Waals surface area contributed by atoms with E-state index in [9.17, 15) is 21.6 Å². The van der Waals surface area contributed by atoms with Crippen molar-refractivity contribution in [3.05, 3.63) is 77.9 Å². The van der Waals surface area contributed by atoms with Crippen molar-refractivity contribution in [2.45, 2.75) is 52.4 Å². The first-order valence-electron chi connectivity index (χ1n) is 16.1. The van der Waals surface area contributed by atoms with Crippen molar-refractivity contribution < 1.29 is 34.7 Å². The average Bonchev–Trinajstić information content (AvgIpc) is 3.71. The molecule has 1 saturated heterocycles. The van der Waals surface area contributed by atoms with Crippen molar-refractivity contribution in [2.24, 2.45) is 0 Å². The van der Waals surface area contributed by atoms with E-state index in [0.29, 0.717) is 56.9 Å². The smallest absolute Gasteiger partial charge is 0.309 e. The van der Waals surface area contributed by atoms with Crippen molar-refractivity contribution in [2.75, 3.05) is 37.7 Å². The van der Waals surface area contributed by atoms with Gasteiger partial charge in [-0.15, -0.1) is 11.3 Å². The van der Waals surface area contributed by atoms with Gasteiger partial charge in [0.05, 0.1) is 11.5 Å². The monoisotopic (exact) mass is 699 g/mol. The summed E-state index contributed by atoms with van der Waals surface area (Å²) >= 11 is 1.33. The second-order valence-electron chi connectivity index (χ2n) is 11.6. The number of ketones is 1. The van der Waals surface area contributed by atoms with Gasteiger partial charge in [0.2, 0.25) is 0 Å². The fraction of sp³-hybridized carbons (Fsp3) is 0.400. The Morgan fingerprint density at radius 2 is 1.34 bits per heavy atom. The number of carbonyl (C=O) groups is 1. The lowest BCUT2D eigenvalue weighted by Crippen LogP contribution is -2.25. The molecule has 3 aromatic carbocycles. The van der Waals surface area contributed by atoms with Crippen LogP contribution in [0.4, 0.5) is 0 Å². The van der Waals surface area contributed by atoms with Gasteiger partial charge in [-0.2, -0.15) is 16.8 Å². The predicted molar refractivity (Wildman–Crippen MR) is 187 cm³/mol. The van der Waals surface area contributed by atoms with Gasteiger partial charge >= 0.3 is 20.2 Å². The molecule has 1 aliphatic rings. The zero-order chi connectivity index (χ0) is 33.4. The molecule has 2 heterocycles. The lowest BCUT2D eigenvalue weighted by atomic mass is 9.97. The van der Waals surface area contributed by atoms with Crippen molar-refractivity contribution in [3.63, 3.8) is 0 Å². The van der Waals surface area contributed by atoms with E-state index in [0.717, 1.165) is 32.5 Å². The average molecular weight is 700 g/mol. The quantitative estimate of drug-likeness (QED) is 0.0828. The van der Waals surface area contributed by atoms with Crippen LogP contribution in [0.3, 0.4) is 0 Å². The van der Waals surface area contributed by atoms with Gasteiger partial charge < -0.3 is 13.1 Å². The number of rotatable bonds is 17. The highest BCUT2D eigenvalue weighted by atomic mass is 32.2. The topological polar surface area (TPSA) is 116 Å². The SMILES string of the molecule is CCCCS(=O)(=O)Oc1ccc(-c2sc3cc(OS(=O)(=O)CCCC)ccc3c2C(=O)c2ccc(OCCN3CCCC3)cc2)cc1. The Morgan fingerprint density at radius 3 is 1.96 bits per heavy atom. The van der Waals surface area contributed by atoms with E-state index in [1.54, 1.807) is 66.7 Å². The van der Waals surface area contributed by atoms with Crippen LogP contribution < -0.4 is 13.1 Å². The summed E-state index contributed by atoms with van der Waals surface area (Å²) in [4.78, 5) is 17.2. The molecule has 0 atom stereocenters. The number of hydrogen-bond acceptors (Lipinski definition) is 10. The summed E-state index contributed by atoms with van der Waals surface area (Å²) in [6.45, 7) is 7.46. The summed E-state index contributed by atoms with van der Waals surface area (Å²) in [6, 6.07) is 18.6. The lowest BCUT2D eigenvalue weighted by Gasteiger charge is -2.15. The van der Waals surface area contributed by atoms with Gasteiger partial charge in [0, 0.05) is 32.6 Å². The second kappa shape index (κ2) is 15.6. The maximum Gasteiger partial charge on any atom is 0.309 e. The highest BCUT2D eigenvalue weighted by Crippen LogP contribution is 2.42. The highest BCUT2D eigenvalue weighted by molar-refractivity contribution is 7.87. The number of thiophene rings is 1. The van der Waals surface area contributed by atoms with Gasteiger partial charge in [0.1, 0.15) is 23.9 Å². The summed E-state index contributed by atoms with van der Waals surface area (Å²) in [5.74, 6) is 0.694. The molecule has 252 valence electrons. The molecule has 5 rings (SSSR count). The van der Waals surface area contributed by atoms with Crippen molar-refractivity contribution in [3.8, 4) is 27.7 Å². The van der Waals surface area contributed by atoms with Gasteiger partial charge in [0.15, 0.2) is 5.78 Å². The van der Waals surface area contributed by atoms with Crippen molar-refractivity contribution >= 4 is 47.4 Å². The van der Waals surface area contributed by atoms with E-state index < -0.39 is 20.2 Å². The third-order valence-corrected chi connectivity index (χ3v) is 11.6. The Hall–Kier alpha value is -3.45. The Bertz CT molecular complexity index is 1880. The number of nitrogens with zero attached hydrogens (tertiary/aromatic N) is 1. The summed E-state index contributed by atoms with van der Waals surface area (Å²) < 4.78 is 66.9. The number of carbonyl (C=O) groups excluding carboxylic acids is 1. The van der Waals surface area contributed by atoms with E-state index in [-0.39, 0.29) is 28.8 Å². The van der Waals surface area contributed by atoms with E-state index in [2.05, 4.69) is 4.90 Å². The number of likely N-dealkylation sites (tertiary alicyclic amines) is 1. The minimum atomic E-state index is -3.76. The highest BCUT2D eigenvalue weighted by Gasteiger charge is 2.23. The molecule has 0 spiro atoms. The second-order valence-corrected chi connectivity index (χ2v) is 16.1. The van der Waals surface area contributed by atoms with Crippen molar-refractivity contribution in [1.29, 1.82) is 0 Å². The normalized spacial score (nSPS) is 14.0. The number of hydrogen-bond donors (Lipinski definition) is 0. The molecule has 0 bridgehead atoms. The molecule has 0 N–H and O–H groups in total. The van der Waals surface area contributed by atoms with Gasteiger partial charge in [-0.25, -0.2) is 0 Å². The van der Waals surface area contributed by atoms with E-state index in [4.69, 9.17) is 13.1 Å². The van der Waals surface area contributed by atoms with Crippen LogP contribution in [0.2, 0.25) is 0 Å². The summed E-state index contributed by atoms with van der Waals surface area (Å²) in [7, 11) is -7.48. The van der Waals surface area contributed by atoms with Crippen LogP contribution in [-0.2, 0) is 20.2 Å². The molecular weight excluding hydrogens is 659 g/mol. The molecule has 4 aromatic rings. The minimum absolute atomic E-state index is 0.0684. The Labute approximate surface area is 281 Å². The van der Waals surface area contributed by atoms with Crippen LogP contribution in [0, 0.1) is 0 Å². The minimum Gasteiger partial charge on any atom is -0.492 e. The fourth-order valence-corrected chi connectivity index (χ4v) is 8.87. The Kier molecular flexibility index (Phi) is 11.6. The van der Waals surface area contributed by atoms with Gasteiger partial charge in [-0.1, -0.05) is 26.7 Å². The molecule has 0 aliphatic carbocycles. The zero-order valence-corrected chi connectivity index (χ0v) is 29.2. The molecule has 0 unspecified atom stereocenters. The lowest BCUT2D eigenvalue weighted by molar-refractivity contribution is 0.104. The molecule has 0 saturated carbocycles. The van der Waals surface area contributed by atoms with E-state index in [1.165, 1.54) is 24.2 Å². The number of unbranched alkanes of at least 4 members (excludes halogenated alkanes) is 2.